The molecule has 0 saturated heterocycles. The smallest absolute Gasteiger partial charge is 0.237 e. The minimum Gasteiger partial charge on any atom is -0.322 e. The number of nitrogens with zero attached hydrogens (tertiary/aromatic N) is 5. The van der Waals surface area contributed by atoms with Gasteiger partial charge in [0.05, 0.1) is 10.9 Å². The molecule has 0 unspecified atom stereocenters. The van der Waals surface area contributed by atoms with Crippen molar-refractivity contribution in [2.45, 2.75) is 36.2 Å². The zero-order chi connectivity index (χ0) is 18.8. The molecule has 0 radical (unpaired) electrons. The van der Waals surface area contributed by atoms with Gasteiger partial charge in [-0.15, -0.1) is 10.2 Å². The molecular formula is C18H17ClN6OS. The van der Waals surface area contributed by atoms with Crippen molar-refractivity contribution in [2.24, 2.45) is 0 Å². The van der Waals surface area contributed by atoms with E-state index >= 15 is 0 Å². The number of carbonyl (C=O) groups is 1. The Kier molecular flexibility index (Phi) is 5.09. The van der Waals surface area contributed by atoms with Crippen LogP contribution < -0.4 is 5.32 Å². The number of pyridine rings is 2. The highest BCUT2D eigenvalue weighted by atomic mass is 35.5. The van der Waals surface area contributed by atoms with Crippen LogP contribution in [0.3, 0.4) is 0 Å². The number of carbonyl (C=O) groups excluding carboxylic acids is 1. The lowest BCUT2D eigenvalue weighted by Gasteiger charge is -2.13. The lowest BCUT2D eigenvalue weighted by molar-refractivity contribution is -0.115. The van der Waals surface area contributed by atoms with Crippen molar-refractivity contribution in [3.8, 4) is 11.4 Å². The van der Waals surface area contributed by atoms with E-state index < -0.39 is 0 Å². The summed E-state index contributed by atoms with van der Waals surface area (Å²) in [6.45, 7) is 1.83. The van der Waals surface area contributed by atoms with Crippen LogP contribution in [0.4, 0.5) is 5.69 Å². The van der Waals surface area contributed by atoms with Crippen molar-refractivity contribution in [3.63, 3.8) is 0 Å². The highest BCUT2D eigenvalue weighted by molar-refractivity contribution is 8.00. The van der Waals surface area contributed by atoms with Gasteiger partial charge in [0.2, 0.25) is 5.91 Å². The fraction of sp³-hybridized carbons (Fsp3) is 0.278. The summed E-state index contributed by atoms with van der Waals surface area (Å²) in [7, 11) is 0. The van der Waals surface area contributed by atoms with Crippen LogP contribution in [-0.4, -0.2) is 35.9 Å². The van der Waals surface area contributed by atoms with Gasteiger partial charge in [0.1, 0.15) is 0 Å². The Morgan fingerprint density at radius 1 is 1.30 bits per heavy atom. The van der Waals surface area contributed by atoms with Gasteiger partial charge in [0.25, 0.3) is 0 Å². The first-order valence-corrected chi connectivity index (χ1v) is 9.82. The van der Waals surface area contributed by atoms with Crippen LogP contribution >= 0.6 is 23.4 Å². The molecule has 1 aliphatic rings. The monoisotopic (exact) mass is 400 g/mol. The number of amides is 1. The molecule has 0 aliphatic heterocycles. The maximum Gasteiger partial charge on any atom is 0.237 e. The summed E-state index contributed by atoms with van der Waals surface area (Å²) in [4.78, 5) is 20.7. The lowest BCUT2D eigenvalue weighted by atomic mass is 10.3. The maximum atomic E-state index is 12.6. The average Bonchev–Trinajstić information content (AvgIpc) is 3.44. The highest BCUT2D eigenvalue weighted by Gasteiger charge is 2.31. The average molecular weight is 401 g/mol. The zero-order valence-electron chi connectivity index (χ0n) is 14.5. The van der Waals surface area contributed by atoms with E-state index in [1.807, 2.05) is 19.1 Å². The molecule has 138 valence electrons. The first-order valence-electron chi connectivity index (χ1n) is 8.57. The number of aromatic nitrogens is 5. The summed E-state index contributed by atoms with van der Waals surface area (Å²) >= 11 is 7.40. The first kappa shape index (κ1) is 17.9. The Hall–Kier alpha value is -2.45. The number of halogens is 1. The highest BCUT2D eigenvalue weighted by Crippen LogP contribution is 2.41. The van der Waals surface area contributed by atoms with Gasteiger partial charge in [0, 0.05) is 30.2 Å². The third kappa shape index (κ3) is 3.96. The van der Waals surface area contributed by atoms with Crippen LogP contribution in [-0.2, 0) is 4.79 Å². The van der Waals surface area contributed by atoms with E-state index in [0.717, 1.165) is 29.4 Å². The number of anilines is 1. The predicted molar refractivity (Wildman–Crippen MR) is 105 cm³/mol. The lowest BCUT2D eigenvalue weighted by Crippen LogP contribution is -2.23. The van der Waals surface area contributed by atoms with E-state index in [4.69, 9.17) is 11.6 Å². The molecule has 1 aliphatic carbocycles. The standard InChI is InChI=1S/C18H17ClN6OS/c1-11(17(26)22-14-5-3-9-21-15(14)19)27-18-24-23-16(25(18)13-6-7-13)12-4-2-8-20-10-12/h2-5,8-11,13H,6-7H2,1H3,(H,22,26)/t11-/m0/s1. The Morgan fingerprint density at radius 2 is 2.11 bits per heavy atom. The van der Waals surface area contributed by atoms with Gasteiger partial charge >= 0.3 is 0 Å². The van der Waals surface area contributed by atoms with Gasteiger partial charge in [-0.3, -0.25) is 14.3 Å². The number of thioether (sulfide) groups is 1. The maximum absolute atomic E-state index is 12.6. The summed E-state index contributed by atoms with van der Waals surface area (Å²) in [6.07, 6.45) is 7.26. The van der Waals surface area contributed by atoms with E-state index in [1.54, 1.807) is 30.7 Å². The van der Waals surface area contributed by atoms with Crippen molar-refractivity contribution >= 4 is 35.0 Å². The SMILES string of the molecule is C[C@H](Sc1nnc(-c2cccnc2)n1C1CC1)C(=O)Nc1cccnc1Cl. The molecule has 0 aromatic carbocycles. The fourth-order valence-electron chi connectivity index (χ4n) is 2.64. The summed E-state index contributed by atoms with van der Waals surface area (Å²) < 4.78 is 2.11. The zero-order valence-corrected chi connectivity index (χ0v) is 16.1. The van der Waals surface area contributed by atoms with Crippen LogP contribution in [0.2, 0.25) is 5.15 Å². The van der Waals surface area contributed by atoms with E-state index in [-0.39, 0.29) is 16.3 Å². The van der Waals surface area contributed by atoms with Crippen molar-refractivity contribution in [1.29, 1.82) is 0 Å². The van der Waals surface area contributed by atoms with Crippen molar-refractivity contribution in [2.75, 3.05) is 5.32 Å². The van der Waals surface area contributed by atoms with Crippen LogP contribution in [0, 0.1) is 0 Å². The molecule has 1 saturated carbocycles. The third-order valence-electron chi connectivity index (χ3n) is 4.16. The molecule has 3 heterocycles. The number of nitrogens with one attached hydrogen (secondary N) is 1. The van der Waals surface area contributed by atoms with E-state index in [1.165, 1.54) is 11.8 Å². The molecule has 1 N–H and O–H groups in total. The van der Waals surface area contributed by atoms with Crippen molar-refractivity contribution < 1.29 is 4.79 Å². The molecular weight excluding hydrogens is 384 g/mol. The summed E-state index contributed by atoms with van der Waals surface area (Å²) in [5.74, 6) is 0.624. The topological polar surface area (TPSA) is 85.6 Å². The Morgan fingerprint density at radius 3 is 2.81 bits per heavy atom. The number of rotatable bonds is 6. The number of hydrogen-bond donors (Lipinski definition) is 1. The van der Waals surface area contributed by atoms with Gasteiger partial charge < -0.3 is 5.32 Å². The molecule has 7 nitrogen and oxygen atoms in total. The Bertz CT molecular complexity index is 959. The van der Waals surface area contributed by atoms with E-state index in [0.29, 0.717) is 11.7 Å². The fourth-order valence-corrected chi connectivity index (χ4v) is 3.72. The molecule has 9 heteroatoms. The molecule has 0 bridgehead atoms. The normalized spacial score (nSPS) is 14.7. The van der Waals surface area contributed by atoms with E-state index in [2.05, 4.69) is 30.0 Å². The summed E-state index contributed by atoms with van der Waals surface area (Å²) in [6, 6.07) is 7.66. The van der Waals surface area contributed by atoms with Gasteiger partial charge in [-0.25, -0.2) is 4.98 Å². The van der Waals surface area contributed by atoms with Crippen molar-refractivity contribution in [3.05, 3.63) is 48.0 Å². The molecule has 27 heavy (non-hydrogen) atoms. The van der Waals surface area contributed by atoms with Gasteiger partial charge in [-0.1, -0.05) is 23.4 Å². The first-order chi connectivity index (χ1) is 13.1. The molecule has 1 fully saturated rings. The molecule has 0 spiro atoms. The van der Waals surface area contributed by atoms with Gasteiger partial charge in [-0.2, -0.15) is 0 Å². The summed E-state index contributed by atoms with van der Waals surface area (Å²) in [5, 5.41) is 12.1. The minimum atomic E-state index is -0.371. The second-order valence-corrected chi connectivity index (χ2v) is 7.91. The molecule has 1 amide bonds. The van der Waals surface area contributed by atoms with Gasteiger partial charge in [0.15, 0.2) is 16.1 Å². The predicted octanol–water partition coefficient (Wildman–Crippen LogP) is 3.84. The van der Waals surface area contributed by atoms with Gasteiger partial charge in [-0.05, 0) is 44.0 Å². The molecule has 1 atom stereocenters. The second-order valence-electron chi connectivity index (χ2n) is 6.24. The van der Waals surface area contributed by atoms with Crippen LogP contribution in [0.15, 0.2) is 48.0 Å². The quantitative estimate of drug-likeness (QED) is 0.499. The molecule has 4 rings (SSSR count). The van der Waals surface area contributed by atoms with Crippen LogP contribution in [0.5, 0.6) is 0 Å². The third-order valence-corrected chi connectivity index (χ3v) is 5.52. The Labute approximate surface area is 165 Å². The van der Waals surface area contributed by atoms with E-state index in [9.17, 15) is 4.79 Å². The number of hydrogen-bond acceptors (Lipinski definition) is 6. The molecule has 3 aromatic rings. The largest absolute Gasteiger partial charge is 0.322 e. The minimum absolute atomic E-state index is 0.164. The van der Waals surface area contributed by atoms with Crippen LogP contribution in [0.25, 0.3) is 11.4 Å². The molecule has 3 aromatic heterocycles. The Balaban J connectivity index is 1.53. The second kappa shape index (κ2) is 7.66. The summed E-state index contributed by atoms with van der Waals surface area (Å²) in [5.41, 5.74) is 1.42. The van der Waals surface area contributed by atoms with Crippen LogP contribution in [0.1, 0.15) is 25.8 Å². The van der Waals surface area contributed by atoms with Crippen molar-refractivity contribution in [1.82, 2.24) is 24.7 Å².